The molecule has 0 heterocycles. The highest BCUT2D eigenvalue weighted by Crippen LogP contribution is 2.34. The Balaban J connectivity index is 0.00000163. The van der Waals surface area contributed by atoms with E-state index >= 15 is 0 Å². The number of aryl methyl sites for hydroxylation is 1. The second-order valence-electron chi connectivity index (χ2n) is 5.49. The Morgan fingerprint density at radius 1 is 0.885 bits per heavy atom. The topological polar surface area (TPSA) is 39.7 Å². The molecule has 0 amide bonds. The van der Waals surface area contributed by atoms with Gasteiger partial charge in [0.25, 0.3) is 0 Å². The highest BCUT2D eigenvalue weighted by atomic mass is 19.1. The number of ether oxygens (including phenoxy) is 3. The summed E-state index contributed by atoms with van der Waals surface area (Å²) in [5, 5.41) is 3.27. The van der Waals surface area contributed by atoms with E-state index in [0.717, 1.165) is 17.7 Å². The number of hydrogen-bond donors (Lipinski definition) is 1. The molecule has 26 heavy (non-hydrogen) atoms. The molecule has 0 bridgehead atoms. The van der Waals surface area contributed by atoms with Gasteiger partial charge < -0.3 is 19.5 Å². The first-order valence-corrected chi connectivity index (χ1v) is 8.84. The van der Waals surface area contributed by atoms with Crippen LogP contribution in [-0.4, -0.2) is 27.9 Å². The first-order chi connectivity index (χ1) is 12.6. The summed E-state index contributed by atoms with van der Waals surface area (Å²) in [7, 11) is 4.82. The molecular weight excluding hydrogens is 333 g/mol. The zero-order chi connectivity index (χ0) is 19.5. The Hall–Kier alpha value is -2.27. The van der Waals surface area contributed by atoms with Crippen LogP contribution in [0.25, 0.3) is 0 Å². The minimum absolute atomic E-state index is 0.145. The van der Waals surface area contributed by atoms with E-state index < -0.39 is 0 Å². The maximum Gasteiger partial charge on any atom is 0.164 e. The lowest BCUT2D eigenvalue weighted by atomic mass is 10.1. The molecule has 1 N–H and O–H groups in total. The lowest BCUT2D eigenvalue weighted by Crippen LogP contribution is -2.18. The van der Waals surface area contributed by atoms with Gasteiger partial charge in [-0.15, -0.1) is 0 Å². The maximum absolute atomic E-state index is 14.0. The van der Waals surface area contributed by atoms with Crippen LogP contribution in [0, 0.1) is 12.7 Å². The average molecular weight is 363 g/mol. The number of halogens is 1. The smallest absolute Gasteiger partial charge is 0.164 e. The van der Waals surface area contributed by atoms with E-state index in [1.807, 2.05) is 32.0 Å². The Morgan fingerprint density at radius 2 is 1.50 bits per heavy atom. The number of methoxy groups -OCH3 is 3. The van der Waals surface area contributed by atoms with Gasteiger partial charge in [-0.2, -0.15) is 0 Å². The molecule has 0 radical (unpaired) electrons. The summed E-state index contributed by atoms with van der Waals surface area (Å²) in [6, 6.07) is 9.16. The van der Waals surface area contributed by atoms with Crippen molar-refractivity contribution in [2.24, 2.45) is 0 Å². The van der Waals surface area contributed by atoms with Crippen molar-refractivity contribution < 1.29 is 18.6 Å². The van der Waals surface area contributed by atoms with Crippen molar-refractivity contribution in [3.63, 3.8) is 0 Å². The van der Waals surface area contributed by atoms with Gasteiger partial charge in [0.1, 0.15) is 11.6 Å². The second-order valence-corrected chi connectivity index (χ2v) is 5.49. The molecule has 2 rings (SSSR count). The second kappa shape index (κ2) is 11.4. The van der Waals surface area contributed by atoms with Crippen LogP contribution in [0.15, 0.2) is 30.3 Å². The van der Waals surface area contributed by atoms with E-state index in [2.05, 4.69) is 5.32 Å². The molecule has 0 fully saturated rings. The van der Waals surface area contributed by atoms with E-state index in [0.29, 0.717) is 35.7 Å². The fraction of sp³-hybridized carbons (Fsp3) is 0.429. The summed E-state index contributed by atoms with van der Waals surface area (Å²) in [6.07, 6.45) is 0.733. The van der Waals surface area contributed by atoms with Crippen LogP contribution in [0.5, 0.6) is 17.2 Å². The van der Waals surface area contributed by atoms with Gasteiger partial charge in [-0.05, 0) is 37.1 Å². The summed E-state index contributed by atoms with van der Waals surface area (Å²) in [5.41, 5.74) is 2.34. The minimum Gasteiger partial charge on any atom is -0.496 e. The van der Waals surface area contributed by atoms with Crippen molar-refractivity contribution in [3.8, 4) is 17.2 Å². The van der Waals surface area contributed by atoms with Crippen LogP contribution in [0.3, 0.4) is 0 Å². The van der Waals surface area contributed by atoms with E-state index in [-0.39, 0.29) is 5.82 Å². The Bertz CT molecular complexity index is 689. The van der Waals surface area contributed by atoms with E-state index in [9.17, 15) is 4.39 Å². The van der Waals surface area contributed by atoms with Gasteiger partial charge in [-0.1, -0.05) is 32.0 Å². The number of nitrogens with one attached hydrogen (secondary N) is 1. The summed E-state index contributed by atoms with van der Waals surface area (Å²) in [5.74, 6) is 1.90. The van der Waals surface area contributed by atoms with Crippen molar-refractivity contribution in [1.82, 2.24) is 5.32 Å². The standard InChI is InChI=1S/C19H24FNO3.C2H6/c1-13-6-5-7-15(19(13)20)12-21-9-8-14-10-17(23-3)18(24-4)11-16(14)22-2;1-2/h5-7,10-11,21H,8-9,12H2,1-4H3;1-2H3. The first kappa shape index (κ1) is 21.8. The van der Waals surface area contributed by atoms with Gasteiger partial charge in [0.15, 0.2) is 11.5 Å². The van der Waals surface area contributed by atoms with Crippen molar-refractivity contribution in [1.29, 1.82) is 0 Å². The molecule has 0 saturated heterocycles. The van der Waals surface area contributed by atoms with Crippen LogP contribution in [-0.2, 0) is 13.0 Å². The summed E-state index contributed by atoms with van der Waals surface area (Å²) < 4.78 is 30.0. The zero-order valence-corrected chi connectivity index (χ0v) is 16.6. The van der Waals surface area contributed by atoms with Gasteiger partial charge in [-0.25, -0.2) is 4.39 Å². The predicted molar refractivity (Wildman–Crippen MR) is 104 cm³/mol. The van der Waals surface area contributed by atoms with Crippen molar-refractivity contribution in [3.05, 3.63) is 52.8 Å². The SMILES string of the molecule is CC.COc1cc(OC)c(OC)cc1CCNCc1cccc(C)c1F. The molecule has 2 aromatic rings. The zero-order valence-electron chi connectivity index (χ0n) is 16.6. The van der Waals surface area contributed by atoms with Crippen LogP contribution < -0.4 is 19.5 Å². The van der Waals surface area contributed by atoms with E-state index in [1.54, 1.807) is 40.4 Å². The lowest BCUT2D eigenvalue weighted by Gasteiger charge is -2.14. The molecule has 5 heteroatoms. The van der Waals surface area contributed by atoms with E-state index in [4.69, 9.17) is 14.2 Å². The molecule has 0 aliphatic carbocycles. The van der Waals surface area contributed by atoms with Crippen molar-refractivity contribution in [2.75, 3.05) is 27.9 Å². The fourth-order valence-corrected chi connectivity index (χ4v) is 2.58. The third-order valence-electron chi connectivity index (χ3n) is 3.94. The predicted octanol–water partition coefficient (Wildman–Crippen LogP) is 4.52. The molecule has 0 unspecified atom stereocenters. The molecule has 144 valence electrons. The fourth-order valence-electron chi connectivity index (χ4n) is 2.58. The Morgan fingerprint density at radius 3 is 2.12 bits per heavy atom. The molecule has 0 spiro atoms. The number of benzene rings is 2. The lowest BCUT2D eigenvalue weighted by molar-refractivity contribution is 0.347. The number of rotatable bonds is 8. The van der Waals surface area contributed by atoms with Gasteiger partial charge in [0.2, 0.25) is 0 Å². The third kappa shape index (κ3) is 5.63. The highest BCUT2D eigenvalue weighted by molar-refractivity contribution is 5.50. The van der Waals surface area contributed by atoms with Gasteiger partial charge in [-0.3, -0.25) is 0 Å². The van der Waals surface area contributed by atoms with Gasteiger partial charge in [0.05, 0.1) is 21.3 Å². The Kier molecular flexibility index (Phi) is 9.52. The Labute approximate surface area is 156 Å². The summed E-state index contributed by atoms with van der Waals surface area (Å²) >= 11 is 0. The molecule has 0 aliphatic heterocycles. The summed E-state index contributed by atoms with van der Waals surface area (Å²) in [4.78, 5) is 0. The monoisotopic (exact) mass is 363 g/mol. The quantitative estimate of drug-likeness (QED) is 0.700. The molecular formula is C21H30FNO3. The van der Waals surface area contributed by atoms with Crippen LogP contribution in [0.2, 0.25) is 0 Å². The molecule has 0 atom stereocenters. The molecule has 2 aromatic carbocycles. The average Bonchev–Trinajstić information content (AvgIpc) is 2.69. The largest absolute Gasteiger partial charge is 0.496 e. The first-order valence-electron chi connectivity index (χ1n) is 8.84. The van der Waals surface area contributed by atoms with Crippen molar-refractivity contribution in [2.45, 2.75) is 33.7 Å². The van der Waals surface area contributed by atoms with Gasteiger partial charge >= 0.3 is 0 Å². The van der Waals surface area contributed by atoms with E-state index in [1.165, 1.54) is 0 Å². The minimum atomic E-state index is -0.145. The van der Waals surface area contributed by atoms with Crippen molar-refractivity contribution >= 4 is 0 Å². The highest BCUT2D eigenvalue weighted by Gasteiger charge is 2.11. The molecule has 0 aliphatic rings. The summed E-state index contributed by atoms with van der Waals surface area (Å²) in [6.45, 7) is 6.95. The van der Waals surface area contributed by atoms with Crippen LogP contribution in [0.1, 0.15) is 30.5 Å². The number of hydrogen-bond acceptors (Lipinski definition) is 4. The van der Waals surface area contributed by atoms with Crippen LogP contribution >= 0.6 is 0 Å². The maximum atomic E-state index is 14.0. The molecule has 0 aromatic heterocycles. The molecule has 4 nitrogen and oxygen atoms in total. The van der Waals surface area contributed by atoms with Crippen LogP contribution in [0.4, 0.5) is 4.39 Å². The normalized spacial score (nSPS) is 9.96. The van der Waals surface area contributed by atoms with Gasteiger partial charge in [0, 0.05) is 18.2 Å². The third-order valence-corrected chi connectivity index (χ3v) is 3.94. The molecule has 0 saturated carbocycles.